The van der Waals surface area contributed by atoms with Gasteiger partial charge in [0.15, 0.2) is 0 Å². The summed E-state index contributed by atoms with van der Waals surface area (Å²) >= 11 is 0. The third kappa shape index (κ3) is 4.83. The van der Waals surface area contributed by atoms with Crippen LogP contribution in [0.15, 0.2) is 47.8 Å². The summed E-state index contributed by atoms with van der Waals surface area (Å²) in [5.74, 6) is -0.844. The molecule has 9 nitrogen and oxygen atoms in total. The monoisotopic (exact) mass is 427 g/mol. The van der Waals surface area contributed by atoms with Crippen LogP contribution in [0, 0.1) is 10.1 Å². The topological polar surface area (TPSA) is 113 Å². The van der Waals surface area contributed by atoms with Crippen molar-refractivity contribution in [1.82, 2.24) is 4.98 Å². The standard InChI is InChI=1S/C22H25N3O6/c1-13(2)31-21-20-17(8-9-23-21)24-14(3)18(22(26)30-11-10-29-4)19(20)15-6-5-7-16(12-15)25(27)28/h5-9,12-13,19,24H,10-11H2,1-4H3. The lowest BCUT2D eigenvalue weighted by molar-refractivity contribution is -0.384. The fourth-order valence-electron chi connectivity index (χ4n) is 3.51. The van der Waals surface area contributed by atoms with E-state index in [1.807, 2.05) is 13.8 Å². The van der Waals surface area contributed by atoms with E-state index in [2.05, 4.69) is 10.3 Å². The highest BCUT2D eigenvalue weighted by atomic mass is 16.6. The third-order valence-corrected chi connectivity index (χ3v) is 4.76. The number of pyridine rings is 1. The van der Waals surface area contributed by atoms with Crippen molar-refractivity contribution in [3.8, 4) is 5.88 Å². The van der Waals surface area contributed by atoms with Gasteiger partial charge in [-0.05, 0) is 32.4 Å². The van der Waals surface area contributed by atoms with Crippen LogP contribution in [0.4, 0.5) is 11.4 Å². The van der Waals surface area contributed by atoms with Gasteiger partial charge in [-0.3, -0.25) is 10.1 Å². The Hall–Kier alpha value is -3.46. The van der Waals surface area contributed by atoms with Gasteiger partial charge in [0.05, 0.1) is 29.1 Å². The van der Waals surface area contributed by atoms with Crippen molar-refractivity contribution in [2.45, 2.75) is 32.8 Å². The van der Waals surface area contributed by atoms with E-state index in [9.17, 15) is 14.9 Å². The minimum Gasteiger partial charge on any atom is -0.475 e. The highest BCUT2D eigenvalue weighted by molar-refractivity contribution is 5.95. The number of carbonyl (C=O) groups is 1. The molecule has 1 atom stereocenters. The molecular weight excluding hydrogens is 402 g/mol. The first kappa shape index (κ1) is 22.2. The Morgan fingerprint density at radius 3 is 2.74 bits per heavy atom. The Morgan fingerprint density at radius 2 is 2.06 bits per heavy atom. The van der Waals surface area contributed by atoms with Crippen molar-refractivity contribution in [3.05, 3.63) is 69.0 Å². The zero-order valence-electron chi connectivity index (χ0n) is 17.9. The molecule has 1 aliphatic heterocycles. The molecule has 1 aliphatic rings. The number of aromatic nitrogens is 1. The van der Waals surface area contributed by atoms with Crippen molar-refractivity contribution in [1.29, 1.82) is 0 Å². The van der Waals surface area contributed by atoms with Gasteiger partial charge in [0.1, 0.15) is 6.61 Å². The van der Waals surface area contributed by atoms with E-state index in [-0.39, 0.29) is 25.0 Å². The van der Waals surface area contributed by atoms with E-state index in [4.69, 9.17) is 14.2 Å². The number of benzene rings is 1. The number of allylic oxidation sites excluding steroid dienone is 1. The van der Waals surface area contributed by atoms with Gasteiger partial charge in [0.25, 0.3) is 5.69 Å². The first-order chi connectivity index (χ1) is 14.8. The third-order valence-electron chi connectivity index (χ3n) is 4.76. The summed E-state index contributed by atoms with van der Waals surface area (Å²) in [4.78, 5) is 28.3. The van der Waals surface area contributed by atoms with E-state index >= 15 is 0 Å². The number of fused-ring (bicyclic) bond motifs is 1. The van der Waals surface area contributed by atoms with Crippen LogP contribution in [0.2, 0.25) is 0 Å². The zero-order valence-corrected chi connectivity index (χ0v) is 17.9. The maximum atomic E-state index is 13.1. The average molecular weight is 427 g/mol. The minimum absolute atomic E-state index is 0.0717. The number of nitro groups is 1. The molecule has 3 rings (SSSR count). The predicted octanol–water partition coefficient (Wildman–Crippen LogP) is 3.80. The van der Waals surface area contributed by atoms with Gasteiger partial charge >= 0.3 is 5.97 Å². The summed E-state index contributed by atoms with van der Waals surface area (Å²) in [6.45, 7) is 5.86. The molecule has 1 aromatic heterocycles. The Balaban J connectivity index is 2.18. The molecule has 31 heavy (non-hydrogen) atoms. The number of anilines is 1. The van der Waals surface area contributed by atoms with Crippen molar-refractivity contribution >= 4 is 17.3 Å². The van der Waals surface area contributed by atoms with E-state index in [1.54, 1.807) is 31.3 Å². The summed E-state index contributed by atoms with van der Waals surface area (Å²) in [6, 6.07) is 7.99. The van der Waals surface area contributed by atoms with Crippen LogP contribution in [0.25, 0.3) is 0 Å². The number of nitro benzene ring substituents is 1. The quantitative estimate of drug-likeness (QED) is 0.293. The molecule has 0 fully saturated rings. The highest BCUT2D eigenvalue weighted by Gasteiger charge is 2.37. The maximum Gasteiger partial charge on any atom is 0.336 e. The van der Waals surface area contributed by atoms with Gasteiger partial charge in [-0.25, -0.2) is 9.78 Å². The van der Waals surface area contributed by atoms with Crippen molar-refractivity contribution in [3.63, 3.8) is 0 Å². The van der Waals surface area contributed by atoms with Crippen LogP contribution in [-0.4, -0.2) is 42.3 Å². The number of rotatable bonds is 8. The van der Waals surface area contributed by atoms with Gasteiger partial charge in [-0.15, -0.1) is 0 Å². The van der Waals surface area contributed by atoms with E-state index in [0.717, 1.165) is 0 Å². The van der Waals surface area contributed by atoms with Crippen LogP contribution in [-0.2, 0) is 14.3 Å². The van der Waals surface area contributed by atoms with E-state index in [0.29, 0.717) is 34.0 Å². The molecule has 0 saturated heterocycles. The molecule has 1 unspecified atom stereocenters. The summed E-state index contributed by atoms with van der Waals surface area (Å²) in [6.07, 6.45) is 1.46. The molecule has 2 heterocycles. The number of hydrogen-bond donors (Lipinski definition) is 1. The Morgan fingerprint density at radius 1 is 1.29 bits per heavy atom. The van der Waals surface area contributed by atoms with Gasteiger partial charge in [-0.2, -0.15) is 0 Å². The number of ether oxygens (including phenoxy) is 3. The van der Waals surface area contributed by atoms with Gasteiger partial charge < -0.3 is 19.5 Å². The van der Waals surface area contributed by atoms with Crippen LogP contribution in [0.3, 0.4) is 0 Å². The lowest BCUT2D eigenvalue weighted by atomic mass is 9.81. The fourth-order valence-corrected chi connectivity index (χ4v) is 3.51. The van der Waals surface area contributed by atoms with E-state index in [1.165, 1.54) is 19.2 Å². The van der Waals surface area contributed by atoms with Crippen molar-refractivity contribution in [2.24, 2.45) is 0 Å². The first-order valence-corrected chi connectivity index (χ1v) is 9.87. The van der Waals surface area contributed by atoms with Crippen LogP contribution in [0.1, 0.15) is 37.8 Å². The molecule has 0 saturated carbocycles. The normalized spacial score (nSPS) is 15.3. The molecule has 164 valence electrons. The molecule has 1 N–H and O–H groups in total. The number of nitrogens with one attached hydrogen (secondary N) is 1. The SMILES string of the molecule is COCCOC(=O)C1=C(C)Nc2ccnc(OC(C)C)c2C1c1cccc([N+](=O)[O-])c1. The molecule has 1 aromatic carbocycles. The number of carbonyl (C=O) groups excluding carboxylic acids is 1. The van der Waals surface area contributed by atoms with Crippen LogP contribution >= 0.6 is 0 Å². The maximum absolute atomic E-state index is 13.1. The smallest absolute Gasteiger partial charge is 0.336 e. The molecule has 0 bridgehead atoms. The predicted molar refractivity (Wildman–Crippen MR) is 114 cm³/mol. The largest absolute Gasteiger partial charge is 0.475 e. The van der Waals surface area contributed by atoms with Crippen molar-refractivity contribution in [2.75, 3.05) is 25.6 Å². The summed E-state index contributed by atoms with van der Waals surface area (Å²) in [5, 5.41) is 14.6. The molecule has 0 amide bonds. The average Bonchev–Trinajstić information content (AvgIpc) is 2.72. The first-order valence-electron chi connectivity index (χ1n) is 9.87. The second-order valence-corrected chi connectivity index (χ2v) is 7.32. The van der Waals surface area contributed by atoms with Crippen LogP contribution in [0.5, 0.6) is 5.88 Å². The summed E-state index contributed by atoms with van der Waals surface area (Å²) in [7, 11) is 1.52. The fraction of sp³-hybridized carbons (Fsp3) is 0.364. The Bertz CT molecular complexity index is 1020. The number of nitrogens with zero attached hydrogens (tertiary/aromatic N) is 2. The summed E-state index contributed by atoms with van der Waals surface area (Å²) < 4.78 is 16.3. The zero-order chi connectivity index (χ0) is 22.5. The molecule has 2 aromatic rings. The second kappa shape index (κ2) is 9.57. The highest BCUT2D eigenvalue weighted by Crippen LogP contribution is 2.46. The van der Waals surface area contributed by atoms with Crippen molar-refractivity contribution < 1.29 is 23.9 Å². The molecule has 0 radical (unpaired) electrons. The molecular formula is C22H25N3O6. The minimum atomic E-state index is -0.659. The van der Waals surface area contributed by atoms with E-state index < -0.39 is 16.8 Å². The number of non-ortho nitro benzene ring substituents is 1. The second-order valence-electron chi connectivity index (χ2n) is 7.32. The van der Waals surface area contributed by atoms with Gasteiger partial charge in [0.2, 0.25) is 5.88 Å². The molecule has 0 spiro atoms. The molecule has 0 aliphatic carbocycles. The number of methoxy groups -OCH3 is 1. The van der Waals surface area contributed by atoms with Gasteiger partial charge in [-0.1, -0.05) is 12.1 Å². The Kier molecular flexibility index (Phi) is 6.86. The van der Waals surface area contributed by atoms with Gasteiger partial charge in [0, 0.05) is 42.4 Å². The molecule has 9 heteroatoms. The summed E-state index contributed by atoms with van der Waals surface area (Å²) in [5.41, 5.74) is 2.77. The number of esters is 1. The lowest BCUT2D eigenvalue weighted by Crippen LogP contribution is -2.26. The lowest BCUT2D eigenvalue weighted by Gasteiger charge is -2.31. The van der Waals surface area contributed by atoms with Crippen LogP contribution < -0.4 is 10.1 Å². The Labute approximate surface area is 180 Å². The number of hydrogen-bond acceptors (Lipinski definition) is 8.